The van der Waals surface area contributed by atoms with Crippen LogP contribution in [0.15, 0.2) is 0 Å². The van der Waals surface area contributed by atoms with Crippen molar-refractivity contribution in [1.82, 2.24) is 10.6 Å². The molecule has 0 bridgehead atoms. The molecule has 18 heavy (non-hydrogen) atoms. The van der Waals surface area contributed by atoms with Crippen LogP contribution in [0.5, 0.6) is 0 Å². The second-order valence-corrected chi connectivity index (χ2v) is 6.19. The molecule has 1 heterocycles. The van der Waals surface area contributed by atoms with Gasteiger partial charge >= 0.3 is 0 Å². The maximum Gasteiger partial charge on any atom is 0.221 e. The van der Waals surface area contributed by atoms with E-state index in [9.17, 15) is 4.79 Å². The molecular formula is C15H28N2O. The highest BCUT2D eigenvalue weighted by Gasteiger charge is 2.32. The molecule has 0 aromatic carbocycles. The topological polar surface area (TPSA) is 41.1 Å². The van der Waals surface area contributed by atoms with Crippen LogP contribution in [0.1, 0.15) is 64.7 Å². The van der Waals surface area contributed by atoms with Crippen molar-refractivity contribution < 1.29 is 4.79 Å². The molecule has 1 unspecified atom stereocenters. The van der Waals surface area contributed by atoms with Gasteiger partial charge in [0.15, 0.2) is 0 Å². The molecule has 2 rings (SSSR count). The number of amides is 1. The third-order valence-electron chi connectivity index (χ3n) is 4.92. The number of carbonyl (C=O) groups is 1. The Balaban J connectivity index is 1.70. The molecule has 0 spiro atoms. The van der Waals surface area contributed by atoms with E-state index in [4.69, 9.17) is 0 Å². The Morgan fingerprint density at radius 3 is 2.67 bits per heavy atom. The molecule has 1 atom stereocenters. The van der Waals surface area contributed by atoms with Crippen LogP contribution in [0.4, 0.5) is 0 Å². The Morgan fingerprint density at radius 2 is 2.06 bits per heavy atom. The molecule has 1 aliphatic heterocycles. The molecule has 104 valence electrons. The van der Waals surface area contributed by atoms with Gasteiger partial charge in [0.05, 0.1) is 0 Å². The van der Waals surface area contributed by atoms with Gasteiger partial charge in [-0.2, -0.15) is 0 Å². The fraction of sp³-hybridized carbons (Fsp3) is 0.933. The lowest BCUT2D eigenvalue weighted by Crippen LogP contribution is -2.41. The van der Waals surface area contributed by atoms with Crippen molar-refractivity contribution in [3.05, 3.63) is 0 Å². The lowest BCUT2D eigenvalue weighted by Gasteiger charge is -2.28. The number of hydrogen-bond donors (Lipinski definition) is 2. The molecule has 1 saturated carbocycles. The summed E-state index contributed by atoms with van der Waals surface area (Å²) in [6, 6.07) is 0.417. The molecule has 1 saturated heterocycles. The standard InChI is InChI=1S/C15H28N2O/c1-2-15(8-4-5-9-15)12-17-14(18)11-13-7-3-6-10-16-13/h13,16H,2-12H2,1H3,(H,17,18). The number of rotatable bonds is 5. The summed E-state index contributed by atoms with van der Waals surface area (Å²) in [6.45, 7) is 4.24. The van der Waals surface area contributed by atoms with Crippen LogP contribution in [-0.2, 0) is 4.79 Å². The van der Waals surface area contributed by atoms with Crippen molar-refractivity contribution in [3.8, 4) is 0 Å². The maximum atomic E-state index is 12.0. The Bertz CT molecular complexity index is 266. The summed E-state index contributed by atoms with van der Waals surface area (Å²) >= 11 is 0. The van der Waals surface area contributed by atoms with Crippen LogP contribution in [0, 0.1) is 5.41 Å². The van der Waals surface area contributed by atoms with Crippen LogP contribution in [0.3, 0.4) is 0 Å². The fourth-order valence-corrected chi connectivity index (χ4v) is 3.46. The Kier molecular flexibility index (Phi) is 5.04. The first-order valence-electron chi connectivity index (χ1n) is 7.74. The Morgan fingerprint density at radius 1 is 1.28 bits per heavy atom. The van der Waals surface area contributed by atoms with Gasteiger partial charge in [-0.15, -0.1) is 0 Å². The van der Waals surface area contributed by atoms with Gasteiger partial charge in [-0.05, 0) is 44.1 Å². The zero-order valence-electron chi connectivity index (χ0n) is 11.8. The van der Waals surface area contributed by atoms with Crippen molar-refractivity contribution in [1.29, 1.82) is 0 Å². The average Bonchev–Trinajstić information content (AvgIpc) is 2.87. The van der Waals surface area contributed by atoms with E-state index in [1.165, 1.54) is 44.9 Å². The van der Waals surface area contributed by atoms with Crippen LogP contribution >= 0.6 is 0 Å². The van der Waals surface area contributed by atoms with E-state index in [0.717, 1.165) is 19.5 Å². The second kappa shape index (κ2) is 6.55. The number of nitrogens with one attached hydrogen (secondary N) is 2. The van der Waals surface area contributed by atoms with E-state index in [0.29, 0.717) is 17.9 Å². The third kappa shape index (κ3) is 3.71. The lowest BCUT2D eigenvalue weighted by molar-refractivity contribution is -0.122. The van der Waals surface area contributed by atoms with Crippen molar-refractivity contribution >= 4 is 5.91 Å². The first kappa shape index (κ1) is 13.9. The summed E-state index contributed by atoms with van der Waals surface area (Å²) in [7, 11) is 0. The maximum absolute atomic E-state index is 12.0. The smallest absolute Gasteiger partial charge is 0.221 e. The number of hydrogen-bond acceptors (Lipinski definition) is 2. The summed E-state index contributed by atoms with van der Waals surface area (Å²) in [5.41, 5.74) is 0.412. The van der Waals surface area contributed by atoms with Gasteiger partial charge in [0, 0.05) is 19.0 Å². The highest BCUT2D eigenvalue weighted by atomic mass is 16.1. The molecule has 0 radical (unpaired) electrons. The summed E-state index contributed by atoms with van der Waals surface area (Å²) in [5, 5.41) is 6.63. The molecular weight excluding hydrogens is 224 g/mol. The van der Waals surface area contributed by atoms with Gasteiger partial charge in [-0.1, -0.05) is 26.2 Å². The number of piperidine rings is 1. The molecule has 2 fully saturated rings. The third-order valence-corrected chi connectivity index (χ3v) is 4.92. The van der Waals surface area contributed by atoms with E-state index < -0.39 is 0 Å². The van der Waals surface area contributed by atoms with Crippen LogP contribution in [0.2, 0.25) is 0 Å². The minimum atomic E-state index is 0.245. The number of carbonyl (C=O) groups excluding carboxylic acids is 1. The SMILES string of the molecule is CCC1(CNC(=O)CC2CCCCN2)CCCC1. The van der Waals surface area contributed by atoms with Crippen molar-refractivity contribution in [2.75, 3.05) is 13.1 Å². The molecule has 3 nitrogen and oxygen atoms in total. The summed E-state index contributed by atoms with van der Waals surface area (Å²) in [6.07, 6.45) is 10.8. The van der Waals surface area contributed by atoms with E-state index in [1.54, 1.807) is 0 Å². The first-order chi connectivity index (χ1) is 8.74. The zero-order chi connectivity index (χ0) is 12.8. The summed E-state index contributed by atoms with van der Waals surface area (Å²) < 4.78 is 0. The lowest BCUT2D eigenvalue weighted by atomic mass is 9.83. The van der Waals surface area contributed by atoms with E-state index in [1.807, 2.05) is 0 Å². The van der Waals surface area contributed by atoms with Crippen molar-refractivity contribution in [2.24, 2.45) is 5.41 Å². The molecule has 1 amide bonds. The summed E-state index contributed by atoms with van der Waals surface area (Å²) in [5.74, 6) is 0.245. The quantitative estimate of drug-likeness (QED) is 0.789. The molecule has 1 aliphatic carbocycles. The first-order valence-corrected chi connectivity index (χ1v) is 7.74. The van der Waals surface area contributed by atoms with Crippen LogP contribution in [-0.4, -0.2) is 25.0 Å². The summed E-state index contributed by atoms with van der Waals surface area (Å²) in [4.78, 5) is 12.0. The molecule has 2 aliphatic rings. The monoisotopic (exact) mass is 252 g/mol. The van der Waals surface area contributed by atoms with Crippen molar-refractivity contribution in [3.63, 3.8) is 0 Å². The minimum Gasteiger partial charge on any atom is -0.355 e. The molecule has 3 heteroatoms. The second-order valence-electron chi connectivity index (χ2n) is 6.19. The molecule has 0 aromatic rings. The largest absolute Gasteiger partial charge is 0.355 e. The predicted octanol–water partition coefficient (Wildman–Crippen LogP) is 2.61. The van der Waals surface area contributed by atoms with Gasteiger partial charge in [0.2, 0.25) is 5.91 Å². The van der Waals surface area contributed by atoms with Gasteiger partial charge in [0.25, 0.3) is 0 Å². The minimum absolute atomic E-state index is 0.245. The fourth-order valence-electron chi connectivity index (χ4n) is 3.46. The van der Waals surface area contributed by atoms with Crippen LogP contribution < -0.4 is 10.6 Å². The highest BCUT2D eigenvalue weighted by Crippen LogP contribution is 2.40. The molecule has 0 aromatic heterocycles. The molecule has 2 N–H and O–H groups in total. The van der Waals surface area contributed by atoms with E-state index >= 15 is 0 Å². The van der Waals surface area contributed by atoms with E-state index in [-0.39, 0.29) is 5.91 Å². The Labute approximate surface area is 111 Å². The predicted molar refractivity (Wildman–Crippen MR) is 74.5 cm³/mol. The van der Waals surface area contributed by atoms with Gasteiger partial charge in [-0.25, -0.2) is 0 Å². The normalized spacial score (nSPS) is 27.1. The van der Waals surface area contributed by atoms with Crippen LogP contribution in [0.25, 0.3) is 0 Å². The highest BCUT2D eigenvalue weighted by molar-refractivity contribution is 5.76. The Hall–Kier alpha value is -0.570. The van der Waals surface area contributed by atoms with E-state index in [2.05, 4.69) is 17.6 Å². The van der Waals surface area contributed by atoms with Crippen molar-refractivity contribution in [2.45, 2.75) is 70.8 Å². The average molecular weight is 252 g/mol. The zero-order valence-corrected chi connectivity index (χ0v) is 11.8. The van der Waals surface area contributed by atoms with Gasteiger partial charge < -0.3 is 10.6 Å². The van der Waals surface area contributed by atoms with Gasteiger partial charge in [0.1, 0.15) is 0 Å². The van der Waals surface area contributed by atoms with Gasteiger partial charge in [-0.3, -0.25) is 4.79 Å².